The van der Waals surface area contributed by atoms with E-state index in [2.05, 4.69) is 0 Å². The molecule has 1 spiro atoms. The van der Waals surface area contributed by atoms with Crippen LogP contribution in [-0.2, 0) is 14.6 Å². The van der Waals surface area contributed by atoms with Gasteiger partial charge < -0.3 is 4.74 Å². The van der Waals surface area contributed by atoms with E-state index < -0.39 is 32.1 Å². The van der Waals surface area contributed by atoms with E-state index in [9.17, 15) is 12.8 Å². The van der Waals surface area contributed by atoms with Crippen LogP contribution in [0.2, 0.25) is 5.02 Å². The van der Waals surface area contributed by atoms with E-state index in [0.717, 1.165) is 42.9 Å². The highest BCUT2D eigenvalue weighted by Gasteiger charge is 2.65. The lowest BCUT2D eigenvalue weighted by atomic mass is 9.56. The fraction of sp³-hybridized carbons (Fsp3) is 0.478. The molecule has 1 saturated carbocycles. The van der Waals surface area contributed by atoms with Gasteiger partial charge in [0.25, 0.3) is 0 Å². The Bertz CT molecular complexity index is 1110. The molecule has 0 bridgehead atoms. The summed E-state index contributed by atoms with van der Waals surface area (Å²) in [6.45, 7) is 0.0743. The van der Waals surface area contributed by atoms with Gasteiger partial charge in [-0.25, -0.2) is 17.2 Å². The predicted molar refractivity (Wildman–Crippen MR) is 119 cm³/mol. The molecule has 0 N–H and O–H groups in total. The summed E-state index contributed by atoms with van der Waals surface area (Å²) in [5, 5.41) is 0.419. The summed E-state index contributed by atoms with van der Waals surface area (Å²) in [6.07, 6.45) is 3.48. The van der Waals surface area contributed by atoms with Crippen molar-refractivity contribution in [3.8, 4) is 5.75 Å². The molecule has 1 unspecified atom stereocenters. The molecule has 0 radical (unpaired) electrons. The summed E-state index contributed by atoms with van der Waals surface area (Å²) >= 11 is 7.86. The molecule has 3 aliphatic rings. The zero-order valence-corrected chi connectivity index (χ0v) is 19.3. The second-order valence-corrected chi connectivity index (χ2v) is 12.6. The van der Waals surface area contributed by atoms with Crippen molar-refractivity contribution < 1.29 is 21.9 Å². The molecule has 0 aromatic heterocycles. The monoisotopic (exact) mass is 484 g/mol. The van der Waals surface area contributed by atoms with Crippen molar-refractivity contribution in [3.63, 3.8) is 0 Å². The van der Waals surface area contributed by atoms with Crippen LogP contribution in [-0.4, -0.2) is 26.5 Å². The second-order valence-electron chi connectivity index (χ2n) is 8.77. The van der Waals surface area contributed by atoms with Gasteiger partial charge in [-0.15, -0.1) is 0 Å². The highest BCUT2D eigenvalue weighted by Crippen LogP contribution is 2.64. The minimum absolute atomic E-state index is 0.0743. The van der Waals surface area contributed by atoms with Crippen LogP contribution in [0, 0.1) is 23.0 Å². The first-order valence-electron chi connectivity index (χ1n) is 10.5. The Morgan fingerprint density at radius 2 is 1.65 bits per heavy atom. The Balaban J connectivity index is 1.81. The first kappa shape index (κ1) is 21.5. The van der Waals surface area contributed by atoms with Gasteiger partial charge in [0.2, 0.25) is 0 Å². The molecular formula is C23H23ClF2O3S2. The number of halogens is 3. The summed E-state index contributed by atoms with van der Waals surface area (Å²) < 4.78 is 63.0. The van der Waals surface area contributed by atoms with Crippen LogP contribution in [0.25, 0.3) is 0 Å². The number of hydrogen-bond donors (Lipinski definition) is 0. The molecule has 2 aromatic carbocycles. The molecule has 0 amide bonds. The zero-order valence-electron chi connectivity index (χ0n) is 16.9. The van der Waals surface area contributed by atoms with Crippen molar-refractivity contribution in [1.29, 1.82) is 0 Å². The number of fused-ring (bicyclic) bond motifs is 4. The van der Waals surface area contributed by atoms with Crippen molar-refractivity contribution in [2.24, 2.45) is 11.3 Å². The molecule has 2 aliphatic heterocycles. The van der Waals surface area contributed by atoms with Crippen LogP contribution < -0.4 is 4.74 Å². The highest BCUT2D eigenvalue weighted by atomic mass is 35.5. The van der Waals surface area contributed by atoms with Gasteiger partial charge in [-0.05, 0) is 79.0 Å². The number of thioether (sulfide) groups is 1. The normalized spacial score (nSPS) is 27.3. The lowest BCUT2D eigenvalue weighted by Gasteiger charge is -2.57. The first-order chi connectivity index (χ1) is 14.8. The van der Waals surface area contributed by atoms with Gasteiger partial charge in [0.05, 0.1) is 17.1 Å². The predicted octanol–water partition coefficient (Wildman–Crippen LogP) is 5.99. The summed E-state index contributed by atoms with van der Waals surface area (Å²) in [7, 11) is -4.08. The third-order valence-corrected chi connectivity index (χ3v) is 11.3. The number of sulfone groups is 1. The number of benzene rings is 2. The molecule has 1 saturated heterocycles. The Kier molecular flexibility index (Phi) is 5.30. The number of ether oxygens (including phenoxy) is 1. The number of rotatable bonds is 2. The van der Waals surface area contributed by atoms with Gasteiger partial charge in [0.1, 0.15) is 10.6 Å². The van der Waals surface area contributed by atoms with Crippen molar-refractivity contribution in [2.45, 2.75) is 41.7 Å². The van der Waals surface area contributed by atoms with Crippen LogP contribution in [0.3, 0.4) is 0 Å². The van der Waals surface area contributed by atoms with Crippen LogP contribution in [0.1, 0.15) is 37.7 Å². The second kappa shape index (κ2) is 7.63. The molecule has 2 heterocycles. The average Bonchev–Trinajstić information content (AvgIpc) is 2.77. The molecule has 1 aliphatic carbocycles. The maximum Gasteiger partial charge on any atom is 0.188 e. The average molecular weight is 485 g/mol. The van der Waals surface area contributed by atoms with Gasteiger partial charge in [-0.1, -0.05) is 18.0 Å². The molecular weight excluding hydrogens is 462 g/mol. The standard InChI is InChI=1S/C23H23ClF2O3S2/c24-15-2-4-16(5-3-15)31(27,28)23-9-1-8-22(10-12-30-13-11-22)19(23)14-29-21-18(26)7-6-17(25)20(21)23/h2-7,19H,1,8-14H2/t19?,23-/m0/s1. The Hall–Kier alpha value is -1.31. The van der Waals surface area contributed by atoms with Crippen molar-refractivity contribution in [2.75, 3.05) is 18.1 Å². The fourth-order valence-electron chi connectivity index (χ4n) is 6.05. The molecule has 31 heavy (non-hydrogen) atoms. The van der Waals surface area contributed by atoms with Crippen LogP contribution >= 0.6 is 23.4 Å². The van der Waals surface area contributed by atoms with Crippen LogP contribution in [0.15, 0.2) is 41.3 Å². The molecule has 3 nitrogen and oxygen atoms in total. The van der Waals surface area contributed by atoms with E-state index in [1.165, 1.54) is 24.3 Å². The molecule has 166 valence electrons. The molecule has 2 fully saturated rings. The van der Waals surface area contributed by atoms with Crippen LogP contribution in [0.4, 0.5) is 8.78 Å². The summed E-state index contributed by atoms with van der Waals surface area (Å²) in [4.78, 5) is 0.0839. The summed E-state index contributed by atoms with van der Waals surface area (Å²) in [5.41, 5.74) is -0.393. The van der Waals surface area contributed by atoms with E-state index in [4.69, 9.17) is 16.3 Å². The smallest absolute Gasteiger partial charge is 0.188 e. The molecule has 5 rings (SSSR count). The Labute approximate surface area is 190 Å². The van der Waals surface area contributed by atoms with Crippen LogP contribution in [0.5, 0.6) is 5.75 Å². The summed E-state index contributed by atoms with van der Waals surface area (Å²) in [6, 6.07) is 8.02. The Morgan fingerprint density at radius 1 is 0.968 bits per heavy atom. The largest absolute Gasteiger partial charge is 0.490 e. The van der Waals surface area contributed by atoms with Crippen molar-refractivity contribution >= 4 is 33.2 Å². The van der Waals surface area contributed by atoms with E-state index in [1.54, 1.807) is 0 Å². The topological polar surface area (TPSA) is 43.4 Å². The number of hydrogen-bond acceptors (Lipinski definition) is 4. The lowest BCUT2D eigenvalue weighted by molar-refractivity contribution is -0.00734. The van der Waals surface area contributed by atoms with E-state index in [0.29, 0.717) is 11.4 Å². The highest BCUT2D eigenvalue weighted by molar-refractivity contribution is 7.99. The van der Waals surface area contributed by atoms with Gasteiger partial charge in [-0.2, -0.15) is 11.8 Å². The SMILES string of the molecule is O=S(=O)(c1ccc(Cl)cc1)[C@@]12CCCC3(CCSCC3)C1COc1c(F)ccc(F)c12. The minimum Gasteiger partial charge on any atom is -0.490 e. The van der Waals surface area contributed by atoms with E-state index >= 15 is 4.39 Å². The molecule has 2 atom stereocenters. The molecule has 2 aromatic rings. The maximum absolute atomic E-state index is 15.4. The minimum atomic E-state index is -4.08. The maximum atomic E-state index is 15.4. The fourth-order valence-corrected chi connectivity index (χ4v) is 9.96. The quantitative estimate of drug-likeness (QED) is 0.525. The van der Waals surface area contributed by atoms with Gasteiger partial charge in [0, 0.05) is 10.9 Å². The van der Waals surface area contributed by atoms with Gasteiger partial charge in [-0.3, -0.25) is 0 Å². The van der Waals surface area contributed by atoms with Crippen molar-refractivity contribution in [3.05, 3.63) is 58.6 Å². The summed E-state index contributed by atoms with van der Waals surface area (Å²) in [5.74, 6) is -0.270. The Morgan fingerprint density at radius 3 is 2.35 bits per heavy atom. The third-order valence-electron chi connectivity index (χ3n) is 7.49. The van der Waals surface area contributed by atoms with E-state index in [-0.39, 0.29) is 34.7 Å². The third kappa shape index (κ3) is 3.06. The molecule has 8 heteroatoms. The van der Waals surface area contributed by atoms with Gasteiger partial charge >= 0.3 is 0 Å². The van der Waals surface area contributed by atoms with Gasteiger partial charge in [0.15, 0.2) is 21.4 Å². The lowest BCUT2D eigenvalue weighted by Crippen LogP contribution is -2.59. The van der Waals surface area contributed by atoms with E-state index in [1.807, 2.05) is 11.8 Å². The zero-order chi connectivity index (χ0) is 21.9. The van der Waals surface area contributed by atoms with Crippen molar-refractivity contribution in [1.82, 2.24) is 0 Å². The first-order valence-corrected chi connectivity index (χ1v) is 13.5.